The molecule has 4 rings (SSSR count). The van der Waals surface area contributed by atoms with Gasteiger partial charge in [-0.25, -0.2) is 0 Å². The summed E-state index contributed by atoms with van der Waals surface area (Å²) in [7, 11) is 1.43. The first-order valence-electron chi connectivity index (χ1n) is 14.5. The van der Waals surface area contributed by atoms with Crippen LogP contribution in [-0.2, 0) is 35.1 Å². The predicted octanol–water partition coefficient (Wildman–Crippen LogP) is 0.608. The Hall–Kier alpha value is -3.48. The normalized spacial score (nSPS) is 22.3. The molecule has 4 atom stereocenters. The molecule has 42 heavy (non-hydrogen) atoms. The molecular formula is C30H42N4O8. The Kier molecular flexibility index (Phi) is 10.6. The van der Waals surface area contributed by atoms with Crippen LogP contribution in [0.1, 0.15) is 45.1 Å². The summed E-state index contributed by atoms with van der Waals surface area (Å²) in [6.07, 6.45) is 5.31. The van der Waals surface area contributed by atoms with Crippen molar-refractivity contribution in [3.63, 3.8) is 0 Å². The van der Waals surface area contributed by atoms with Gasteiger partial charge in [-0.15, -0.1) is 0 Å². The van der Waals surface area contributed by atoms with E-state index in [1.807, 2.05) is 4.90 Å². The minimum absolute atomic E-state index is 0.0287. The number of hydrogen-bond acceptors (Lipinski definition) is 9. The fraction of sp³-hybridized carbons (Fsp3) is 0.600. The second kappa shape index (κ2) is 14.1. The molecule has 4 unspecified atom stereocenters. The smallest absolute Gasteiger partial charge is 0.243 e. The summed E-state index contributed by atoms with van der Waals surface area (Å²) in [5.41, 5.74) is 0.739. The maximum absolute atomic E-state index is 13.7. The maximum atomic E-state index is 13.7. The molecule has 0 saturated carbocycles. The minimum atomic E-state index is -1.09. The summed E-state index contributed by atoms with van der Waals surface area (Å²) >= 11 is 0. The highest BCUT2D eigenvalue weighted by Gasteiger charge is 2.50. The topological polar surface area (TPSA) is 159 Å². The Bertz CT molecular complexity index is 1190. The molecule has 12 nitrogen and oxygen atoms in total. The van der Waals surface area contributed by atoms with Gasteiger partial charge in [0, 0.05) is 19.5 Å². The number of rotatable bonds is 14. The van der Waals surface area contributed by atoms with E-state index in [1.165, 1.54) is 13.2 Å². The molecule has 230 valence electrons. The van der Waals surface area contributed by atoms with Gasteiger partial charge in [0.25, 0.3) is 0 Å². The zero-order chi connectivity index (χ0) is 30.3. The number of ketones is 1. The van der Waals surface area contributed by atoms with Gasteiger partial charge >= 0.3 is 0 Å². The summed E-state index contributed by atoms with van der Waals surface area (Å²) in [6, 6.07) is 1.89. The average Bonchev–Trinajstić information content (AvgIpc) is 3.50. The van der Waals surface area contributed by atoms with Crippen LogP contribution in [0.2, 0.25) is 0 Å². The number of amides is 3. The van der Waals surface area contributed by atoms with Crippen LogP contribution in [0, 0.1) is 0 Å². The molecule has 1 aromatic rings. The van der Waals surface area contributed by atoms with E-state index >= 15 is 0 Å². The summed E-state index contributed by atoms with van der Waals surface area (Å²) < 4.78 is 15.8. The van der Waals surface area contributed by atoms with Crippen molar-refractivity contribution in [2.75, 3.05) is 46.6 Å². The number of hydrogen-bond donors (Lipinski definition) is 4. The first kappa shape index (κ1) is 31.5. The Morgan fingerprint density at radius 2 is 1.79 bits per heavy atom. The quantitative estimate of drug-likeness (QED) is 0.181. The summed E-state index contributed by atoms with van der Waals surface area (Å²) in [6.45, 7) is 6.04. The number of aromatic hydroxyl groups is 1. The number of carbonyl (C=O) groups is 4. The van der Waals surface area contributed by atoms with Gasteiger partial charge in [0.05, 0.1) is 39.5 Å². The van der Waals surface area contributed by atoms with E-state index in [9.17, 15) is 24.3 Å². The fourth-order valence-electron chi connectivity index (χ4n) is 5.20. The molecule has 4 N–H and O–H groups in total. The SMILES string of the molecule is COc1ccc(CC(NC(=O)C(C)NC(=O)CN2CCOCC2)C(=O)NC(CC2=CCCC2)C(=O)C2(C)CO2)cc1O. The number of phenols is 1. The predicted molar refractivity (Wildman–Crippen MR) is 153 cm³/mol. The second-order valence-electron chi connectivity index (χ2n) is 11.4. The number of carbonyl (C=O) groups excluding carboxylic acids is 4. The van der Waals surface area contributed by atoms with Crippen LogP contribution in [0.15, 0.2) is 29.8 Å². The molecule has 1 aromatic carbocycles. The molecule has 3 amide bonds. The van der Waals surface area contributed by atoms with E-state index in [0.717, 1.165) is 24.8 Å². The largest absolute Gasteiger partial charge is 0.504 e. The van der Waals surface area contributed by atoms with Crippen molar-refractivity contribution in [2.45, 2.75) is 69.7 Å². The van der Waals surface area contributed by atoms with Crippen molar-refractivity contribution >= 4 is 23.5 Å². The molecule has 1 aliphatic carbocycles. The molecule has 2 aliphatic heterocycles. The third kappa shape index (κ3) is 8.52. The lowest BCUT2D eigenvalue weighted by atomic mass is 9.94. The highest BCUT2D eigenvalue weighted by molar-refractivity contribution is 5.98. The van der Waals surface area contributed by atoms with E-state index in [2.05, 4.69) is 22.0 Å². The lowest BCUT2D eigenvalue weighted by Crippen LogP contribution is -2.57. The van der Waals surface area contributed by atoms with Crippen LogP contribution in [0.5, 0.6) is 11.5 Å². The highest BCUT2D eigenvalue weighted by Crippen LogP contribution is 2.31. The zero-order valence-electron chi connectivity index (χ0n) is 24.6. The van der Waals surface area contributed by atoms with Crippen LogP contribution in [0.3, 0.4) is 0 Å². The molecule has 0 aromatic heterocycles. The standard InChI is InChI=1S/C30H42N4O8/c1-19(31-26(36)17-34-10-12-41-13-11-34)28(38)33-23(15-21-8-9-25(40-3)24(35)16-21)29(39)32-22(14-20-6-4-5-7-20)27(37)30(2)18-42-30/h6,8-9,16,19,22-23,35H,4-5,7,10-15,17-18H2,1-3H3,(H,31,36)(H,32,39)(H,33,38). The maximum Gasteiger partial charge on any atom is 0.243 e. The van der Waals surface area contributed by atoms with Gasteiger partial charge in [0.2, 0.25) is 17.7 Å². The monoisotopic (exact) mass is 586 g/mol. The Morgan fingerprint density at radius 1 is 1.07 bits per heavy atom. The number of nitrogens with one attached hydrogen (secondary N) is 3. The number of morpholine rings is 1. The van der Waals surface area contributed by atoms with Gasteiger partial charge in [-0.3, -0.25) is 24.1 Å². The van der Waals surface area contributed by atoms with Crippen molar-refractivity contribution in [3.8, 4) is 11.5 Å². The number of ether oxygens (including phenoxy) is 3. The number of methoxy groups -OCH3 is 1. The van der Waals surface area contributed by atoms with Gasteiger partial charge in [0.15, 0.2) is 17.3 Å². The number of nitrogens with zero attached hydrogens (tertiary/aromatic N) is 1. The van der Waals surface area contributed by atoms with Crippen molar-refractivity contribution in [3.05, 3.63) is 35.4 Å². The third-order valence-electron chi connectivity index (χ3n) is 7.89. The molecule has 0 bridgehead atoms. The first-order chi connectivity index (χ1) is 20.1. The number of epoxide rings is 1. The van der Waals surface area contributed by atoms with Crippen molar-refractivity contribution < 1.29 is 38.5 Å². The van der Waals surface area contributed by atoms with Crippen LogP contribution < -0.4 is 20.7 Å². The van der Waals surface area contributed by atoms with E-state index in [4.69, 9.17) is 14.2 Å². The highest BCUT2D eigenvalue weighted by atomic mass is 16.6. The molecule has 3 aliphatic rings. The zero-order valence-corrected chi connectivity index (χ0v) is 24.6. The van der Waals surface area contributed by atoms with Crippen molar-refractivity contribution in [1.82, 2.24) is 20.9 Å². The van der Waals surface area contributed by atoms with Crippen LogP contribution >= 0.6 is 0 Å². The minimum Gasteiger partial charge on any atom is -0.504 e. The average molecular weight is 587 g/mol. The van der Waals surface area contributed by atoms with Crippen LogP contribution in [0.4, 0.5) is 0 Å². The number of Topliss-reactive ketones (excluding diaryl/α,β-unsaturated/α-hetero) is 1. The first-order valence-corrected chi connectivity index (χ1v) is 14.5. The molecule has 0 radical (unpaired) electrons. The lowest BCUT2D eigenvalue weighted by Gasteiger charge is -2.27. The molecule has 0 spiro atoms. The third-order valence-corrected chi connectivity index (χ3v) is 7.89. The van der Waals surface area contributed by atoms with Gasteiger partial charge in [-0.1, -0.05) is 17.7 Å². The van der Waals surface area contributed by atoms with Gasteiger partial charge in [-0.05, 0) is 57.2 Å². The van der Waals surface area contributed by atoms with Gasteiger partial charge in [0.1, 0.15) is 17.7 Å². The summed E-state index contributed by atoms with van der Waals surface area (Å²) in [5.74, 6) is -1.46. The number of phenolic OH excluding ortho intramolecular Hbond substituents is 1. The van der Waals surface area contributed by atoms with E-state index < -0.39 is 35.5 Å². The fourth-order valence-corrected chi connectivity index (χ4v) is 5.20. The molecule has 2 fully saturated rings. The second-order valence-corrected chi connectivity index (χ2v) is 11.4. The molecular weight excluding hydrogens is 544 g/mol. The van der Waals surface area contributed by atoms with Crippen molar-refractivity contribution in [1.29, 1.82) is 0 Å². The lowest BCUT2D eigenvalue weighted by molar-refractivity contribution is -0.134. The summed E-state index contributed by atoms with van der Waals surface area (Å²) in [4.78, 5) is 54.7. The van der Waals surface area contributed by atoms with Crippen LogP contribution in [0.25, 0.3) is 0 Å². The Morgan fingerprint density at radius 3 is 2.40 bits per heavy atom. The number of allylic oxidation sites excluding steroid dienone is 1. The van der Waals surface area contributed by atoms with Crippen LogP contribution in [-0.4, -0.2) is 104 Å². The van der Waals surface area contributed by atoms with E-state index in [-0.39, 0.29) is 36.2 Å². The summed E-state index contributed by atoms with van der Waals surface area (Å²) in [5, 5.41) is 18.6. The Labute approximate surface area is 246 Å². The molecule has 2 saturated heterocycles. The number of benzene rings is 1. The van der Waals surface area contributed by atoms with E-state index in [0.29, 0.717) is 44.9 Å². The van der Waals surface area contributed by atoms with E-state index in [1.54, 1.807) is 26.0 Å². The molecule has 2 heterocycles. The molecule has 12 heteroatoms. The van der Waals surface area contributed by atoms with Gasteiger partial charge < -0.3 is 35.3 Å². The van der Waals surface area contributed by atoms with Crippen molar-refractivity contribution in [2.24, 2.45) is 0 Å². The Balaban J connectivity index is 1.46. The van der Waals surface area contributed by atoms with Gasteiger partial charge in [-0.2, -0.15) is 0 Å².